The molecule has 3 N–H and O–H groups in total. The molecule has 1 aliphatic heterocycles. The van der Waals surface area contributed by atoms with Crippen LogP contribution in [0.2, 0.25) is 0 Å². The van der Waals surface area contributed by atoms with Crippen molar-refractivity contribution in [3.05, 3.63) is 83.4 Å². The summed E-state index contributed by atoms with van der Waals surface area (Å²) >= 11 is 0. The van der Waals surface area contributed by atoms with Crippen LogP contribution in [0.1, 0.15) is 43.9 Å². The molecule has 0 unspecified atom stereocenters. The lowest BCUT2D eigenvalue weighted by Crippen LogP contribution is -2.13. The highest BCUT2D eigenvalue weighted by atomic mass is 16.5. The van der Waals surface area contributed by atoms with Gasteiger partial charge in [0.15, 0.2) is 11.5 Å². The molecule has 0 fully saturated rings. The van der Waals surface area contributed by atoms with E-state index in [9.17, 15) is 4.79 Å². The summed E-state index contributed by atoms with van der Waals surface area (Å²) < 4.78 is 11.6. The number of ether oxygens (including phenoxy) is 2. The Hall–Kier alpha value is -3.77. The molecule has 0 saturated carbocycles. The summed E-state index contributed by atoms with van der Waals surface area (Å²) in [6.45, 7) is 8.85. The number of rotatable bonds is 11. The Labute approximate surface area is 207 Å². The summed E-state index contributed by atoms with van der Waals surface area (Å²) in [7, 11) is 0. The SMILES string of the molecule is CCCNCc1ccc(N/C(=C2/C(=O)Nc3cc(OCC)c(OCC)cc32)c2ccccc2)cc1. The Balaban J connectivity index is 1.76. The lowest BCUT2D eigenvalue weighted by Gasteiger charge is -2.16. The maximum atomic E-state index is 13.3. The van der Waals surface area contributed by atoms with Gasteiger partial charge in [0.1, 0.15) is 0 Å². The lowest BCUT2D eigenvalue weighted by atomic mass is 9.99. The molecule has 3 aromatic rings. The Morgan fingerprint density at radius 3 is 2.23 bits per heavy atom. The molecular formula is C29H33N3O3. The van der Waals surface area contributed by atoms with E-state index in [0.717, 1.165) is 42.0 Å². The van der Waals surface area contributed by atoms with E-state index in [0.29, 0.717) is 36.0 Å². The van der Waals surface area contributed by atoms with Crippen LogP contribution in [0, 0.1) is 0 Å². The molecule has 1 heterocycles. The van der Waals surface area contributed by atoms with Crippen LogP contribution in [0.3, 0.4) is 0 Å². The fraction of sp³-hybridized carbons (Fsp3) is 0.276. The maximum Gasteiger partial charge on any atom is 0.258 e. The van der Waals surface area contributed by atoms with Crippen molar-refractivity contribution in [3.8, 4) is 11.5 Å². The molecule has 0 aliphatic carbocycles. The molecule has 1 amide bonds. The highest BCUT2D eigenvalue weighted by molar-refractivity contribution is 6.37. The zero-order valence-corrected chi connectivity index (χ0v) is 20.6. The van der Waals surface area contributed by atoms with Crippen LogP contribution in [-0.4, -0.2) is 25.7 Å². The highest BCUT2D eigenvalue weighted by Crippen LogP contribution is 2.43. The van der Waals surface area contributed by atoms with E-state index in [2.05, 4.69) is 35.0 Å². The van der Waals surface area contributed by atoms with Gasteiger partial charge in [-0.25, -0.2) is 0 Å². The third-order valence-corrected chi connectivity index (χ3v) is 5.72. The van der Waals surface area contributed by atoms with Crippen LogP contribution in [-0.2, 0) is 11.3 Å². The van der Waals surface area contributed by atoms with Gasteiger partial charge >= 0.3 is 0 Å². The lowest BCUT2D eigenvalue weighted by molar-refractivity contribution is -0.110. The van der Waals surface area contributed by atoms with Crippen molar-refractivity contribution >= 4 is 28.6 Å². The van der Waals surface area contributed by atoms with Crippen molar-refractivity contribution in [1.29, 1.82) is 0 Å². The van der Waals surface area contributed by atoms with E-state index >= 15 is 0 Å². The first kappa shape index (κ1) is 24.4. The second-order valence-corrected chi connectivity index (χ2v) is 8.28. The van der Waals surface area contributed by atoms with Gasteiger partial charge < -0.3 is 25.4 Å². The van der Waals surface area contributed by atoms with Crippen molar-refractivity contribution < 1.29 is 14.3 Å². The zero-order chi connectivity index (χ0) is 24.6. The largest absolute Gasteiger partial charge is 0.490 e. The monoisotopic (exact) mass is 471 g/mol. The van der Waals surface area contributed by atoms with Crippen molar-refractivity contribution in [2.75, 3.05) is 30.4 Å². The summed E-state index contributed by atoms with van der Waals surface area (Å²) in [4.78, 5) is 13.3. The van der Waals surface area contributed by atoms with E-state index in [1.165, 1.54) is 5.56 Å². The van der Waals surface area contributed by atoms with Gasteiger partial charge in [0.25, 0.3) is 5.91 Å². The third-order valence-electron chi connectivity index (χ3n) is 5.72. The summed E-state index contributed by atoms with van der Waals surface area (Å²) in [5.74, 6) is 1.08. The number of benzene rings is 3. The minimum absolute atomic E-state index is 0.164. The summed E-state index contributed by atoms with van der Waals surface area (Å²) in [5, 5.41) is 9.95. The maximum absolute atomic E-state index is 13.3. The molecule has 0 saturated heterocycles. The Bertz CT molecular complexity index is 1190. The first-order valence-electron chi connectivity index (χ1n) is 12.3. The molecular weight excluding hydrogens is 438 g/mol. The molecule has 0 spiro atoms. The second-order valence-electron chi connectivity index (χ2n) is 8.28. The quantitative estimate of drug-likeness (QED) is 0.239. The van der Waals surface area contributed by atoms with Crippen molar-refractivity contribution in [2.24, 2.45) is 0 Å². The number of amides is 1. The smallest absolute Gasteiger partial charge is 0.258 e. The summed E-state index contributed by atoms with van der Waals surface area (Å²) in [6, 6.07) is 21.9. The van der Waals surface area contributed by atoms with Gasteiger partial charge in [-0.2, -0.15) is 0 Å². The molecule has 1 aliphatic rings. The number of anilines is 2. The van der Waals surface area contributed by atoms with Crippen LogP contribution in [0.25, 0.3) is 11.3 Å². The molecule has 0 atom stereocenters. The van der Waals surface area contributed by atoms with Crippen molar-refractivity contribution in [2.45, 2.75) is 33.7 Å². The highest BCUT2D eigenvalue weighted by Gasteiger charge is 2.30. The van der Waals surface area contributed by atoms with Gasteiger partial charge in [0, 0.05) is 23.9 Å². The minimum atomic E-state index is -0.164. The van der Waals surface area contributed by atoms with Gasteiger partial charge in [-0.15, -0.1) is 0 Å². The molecule has 182 valence electrons. The fourth-order valence-electron chi connectivity index (χ4n) is 4.11. The molecule has 6 nitrogen and oxygen atoms in total. The Morgan fingerprint density at radius 2 is 1.57 bits per heavy atom. The first-order chi connectivity index (χ1) is 17.1. The second kappa shape index (κ2) is 11.6. The Morgan fingerprint density at radius 1 is 0.886 bits per heavy atom. The van der Waals surface area contributed by atoms with E-state index in [4.69, 9.17) is 9.47 Å². The van der Waals surface area contributed by atoms with Gasteiger partial charge in [0.2, 0.25) is 0 Å². The third kappa shape index (κ3) is 5.66. The van der Waals surface area contributed by atoms with E-state index < -0.39 is 0 Å². The molecule has 0 aromatic heterocycles. The molecule has 0 bridgehead atoms. The number of hydrogen-bond acceptors (Lipinski definition) is 5. The molecule has 4 rings (SSSR count). The molecule has 3 aromatic carbocycles. The number of hydrogen-bond donors (Lipinski definition) is 3. The predicted molar refractivity (Wildman–Crippen MR) is 143 cm³/mol. The van der Waals surface area contributed by atoms with Crippen LogP contribution >= 0.6 is 0 Å². The number of fused-ring (bicyclic) bond motifs is 1. The van der Waals surface area contributed by atoms with E-state index in [1.807, 2.05) is 68.4 Å². The topological polar surface area (TPSA) is 71.6 Å². The number of nitrogens with one attached hydrogen (secondary N) is 3. The minimum Gasteiger partial charge on any atom is -0.490 e. The van der Waals surface area contributed by atoms with Gasteiger partial charge in [-0.3, -0.25) is 4.79 Å². The summed E-state index contributed by atoms with van der Waals surface area (Å²) in [5.41, 5.74) is 5.86. The zero-order valence-electron chi connectivity index (χ0n) is 20.6. The van der Waals surface area contributed by atoms with Crippen molar-refractivity contribution in [1.82, 2.24) is 5.32 Å². The normalized spacial score (nSPS) is 13.7. The molecule has 35 heavy (non-hydrogen) atoms. The van der Waals surface area contributed by atoms with Crippen LogP contribution in [0.15, 0.2) is 66.7 Å². The average molecular weight is 472 g/mol. The fourth-order valence-corrected chi connectivity index (χ4v) is 4.11. The van der Waals surface area contributed by atoms with Crippen LogP contribution in [0.4, 0.5) is 11.4 Å². The predicted octanol–water partition coefficient (Wildman–Crippen LogP) is 5.92. The summed E-state index contributed by atoms with van der Waals surface area (Å²) in [6.07, 6.45) is 1.11. The molecule has 6 heteroatoms. The molecule has 0 radical (unpaired) electrons. The van der Waals surface area contributed by atoms with Gasteiger partial charge in [-0.05, 0) is 56.1 Å². The van der Waals surface area contributed by atoms with Crippen LogP contribution < -0.4 is 25.4 Å². The number of carbonyl (C=O) groups excluding carboxylic acids is 1. The van der Waals surface area contributed by atoms with Gasteiger partial charge in [0.05, 0.1) is 30.2 Å². The van der Waals surface area contributed by atoms with Crippen LogP contribution in [0.5, 0.6) is 11.5 Å². The standard InChI is InChI=1S/C29H33N3O3/c1-4-16-30-19-20-12-14-22(15-13-20)31-28(21-10-8-7-9-11-21)27-23-17-25(34-5-2)26(35-6-3)18-24(23)32-29(27)33/h7-15,17-18,30-31H,4-6,16,19H2,1-3H3,(H,32,33)/b28-27+. The van der Waals surface area contributed by atoms with Crippen molar-refractivity contribution in [3.63, 3.8) is 0 Å². The van der Waals surface area contributed by atoms with E-state index in [-0.39, 0.29) is 5.91 Å². The number of carbonyl (C=O) groups is 1. The Kier molecular flexibility index (Phi) is 8.06. The van der Waals surface area contributed by atoms with Gasteiger partial charge in [-0.1, -0.05) is 49.4 Å². The average Bonchev–Trinajstić information content (AvgIpc) is 3.19. The van der Waals surface area contributed by atoms with E-state index in [1.54, 1.807) is 0 Å². The first-order valence-corrected chi connectivity index (χ1v) is 12.3.